The second kappa shape index (κ2) is 7.69. The summed E-state index contributed by atoms with van der Waals surface area (Å²) in [6.45, 7) is 7.73. The summed E-state index contributed by atoms with van der Waals surface area (Å²) in [5.74, 6) is 0.134. The average molecular weight is 362 g/mol. The molecule has 2 aromatic rings. The Labute approximate surface area is 150 Å². The zero-order valence-electron chi connectivity index (χ0n) is 15.1. The van der Waals surface area contributed by atoms with Gasteiger partial charge in [-0.05, 0) is 20.8 Å². The molecular formula is C17H22N4O5. The van der Waals surface area contributed by atoms with E-state index >= 15 is 0 Å². The molecule has 1 amide bonds. The number of amides is 1. The Morgan fingerprint density at radius 3 is 2.77 bits per heavy atom. The molecule has 1 unspecified atom stereocenters. The summed E-state index contributed by atoms with van der Waals surface area (Å²) >= 11 is 0. The minimum absolute atomic E-state index is 0.252. The van der Waals surface area contributed by atoms with Crippen LogP contribution >= 0.6 is 0 Å². The third-order valence-corrected chi connectivity index (χ3v) is 4.17. The predicted molar refractivity (Wildman–Crippen MR) is 93.1 cm³/mol. The first-order chi connectivity index (χ1) is 12.5. The molecule has 9 nitrogen and oxygen atoms in total. The molecule has 1 fully saturated rings. The Hall–Kier alpha value is -2.68. The highest BCUT2D eigenvalue weighted by atomic mass is 16.5. The Bertz CT molecular complexity index is 813. The minimum atomic E-state index is -0.775. The molecule has 3 rings (SSSR count). The first kappa shape index (κ1) is 18.1. The fourth-order valence-electron chi connectivity index (χ4n) is 2.91. The van der Waals surface area contributed by atoms with Gasteiger partial charge in [-0.3, -0.25) is 4.79 Å². The van der Waals surface area contributed by atoms with Gasteiger partial charge in [0.2, 0.25) is 5.71 Å². The lowest BCUT2D eigenvalue weighted by atomic mass is 10.1. The number of anilines is 1. The van der Waals surface area contributed by atoms with Gasteiger partial charge < -0.3 is 24.1 Å². The second-order valence-electron chi connectivity index (χ2n) is 5.96. The van der Waals surface area contributed by atoms with Crippen molar-refractivity contribution in [1.82, 2.24) is 15.3 Å². The monoisotopic (exact) mass is 362 g/mol. The Morgan fingerprint density at radius 2 is 2.08 bits per heavy atom. The average Bonchev–Trinajstić information content (AvgIpc) is 2.98. The molecule has 3 heterocycles. The minimum Gasteiger partial charge on any atom is -0.464 e. The van der Waals surface area contributed by atoms with Gasteiger partial charge in [-0.25, -0.2) is 14.8 Å². The van der Waals surface area contributed by atoms with E-state index in [-0.39, 0.29) is 6.61 Å². The summed E-state index contributed by atoms with van der Waals surface area (Å²) in [6, 6.07) is -0.775. The number of nitrogens with one attached hydrogen (secondary N) is 1. The summed E-state index contributed by atoms with van der Waals surface area (Å²) in [4.78, 5) is 35.2. The fourth-order valence-corrected chi connectivity index (χ4v) is 2.91. The highest BCUT2D eigenvalue weighted by Crippen LogP contribution is 2.31. The van der Waals surface area contributed by atoms with Gasteiger partial charge in [-0.2, -0.15) is 0 Å². The summed E-state index contributed by atoms with van der Waals surface area (Å²) in [6.07, 6.45) is 1.42. The lowest BCUT2D eigenvalue weighted by molar-refractivity contribution is -0.144. The molecule has 140 valence electrons. The number of carbonyl (C=O) groups excluding carboxylic acids is 2. The number of nitrogens with zero attached hydrogens (tertiary/aromatic N) is 3. The van der Waals surface area contributed by atoms with E-state index in [1.54, 1.807) is 20.8 Å². The van der Waals surface area contributed by atoms with Crippen LogP contribution in [-0.4, -0.2) is 60.8 Å². The highest BCUT2D eigenvalue weighted by Gasteiger charge is 2.27. The number of fused-ring (bicyclic) bond motifs is 1. The molecule has 2 aromatic heterocycles. The zero-order chi connectivity index (χ0) is 18.7. The third-order valence-electron chi connectivity index (χ3n) is 4.17. The van der Waals surface area contributed by atoms with Crippen molar-refractivity contribution < 1.29 is 23.5 Å². The number of morpholine rings is 1. The van der Waals surface area contributed by atoms with Gasteiger partial charge in [0.15, 0.2) is 0 Å². The Balaban J connectivity index is 1.95. The van der Waals surface area contributed by atoms with Gasteiger partial charge in [-0.1, -0.05) is 0 Å². The summed E-state index contributed by atoms with van der Waals surface area (Å²) in [7, 11) is 0. The van der Waals surface area contributed by atoms with E-state index < -0.39 is 17.9 Å². The lowest BCUT2D eigenvalue weighted by Crippen LogP contribution is -2.40. The Kier molecular flexibility index (Phi) is 5.36. The molecule has 0 radical (unpaired) electrons. The SMILES string of the molecule is CCOC(=O)C(C)NC(=O)c1c(C)oc2ncnc(N3CCOCC3)c12. The smallest absolute Gasteiger partial charge is 0.328 e. The number of carbonyl (C=O) groups is 2. The molecule has 1 N–H and O–H groups in total. The first-order valence-corrected chi connectivity index (χ1v) is 8.57. The molecular weight excluding hydrogens is 340 g/mol. The lowest BCUT2D eigenvalue weighted by Gasteiger charge is -2.28. The van der Waals surface area contributed by atoms with Crippen LogP contribution in [0.2, 0.25) is 0 Å². The number of hydrogen-bond donors (Lipinski definition) is 1. The first-order valence-electron chi connectivity index (χ1n) is 8.57. The maximum absolute atomic E-state index is 12.8. The van der Waals surface area contributed by atoms with Crippen LogP contribution in [0.1, 0.15) is 30.0 Å². The van der Waals surface area contributed by atoms with Crippen molar-refractivity contribution in [2.75, 3.05) is 37.8 Å². The van der Waals surface area contributed by atoms with Crippen molar-refractivity contribution in [3.05, 3.63) is 17.7 Å². The van der Waals surface area contributed by atoms with Crippen LogP contribution in [0.5, 0.6) is 0 Å². The topological polar surface area (TPSA) is 107 Å². The molecule has 1 aliphatic heterocycles. The van der Waals surface area contributed by atoms with Crippen LogP contribution in [0, 0.1) is 6.92 Å². The van der Waals surface area contributed by atoms with Crippen molar-refractivity contribution in [3.8, 4) is 0 Å². The van der Waals surface area contributed by atoms with Gasteiger partial charge in [0, 0.05) is 13.1 Å². The van der Waals surface area contributed by atoms with Crippen molar-refractivity contribution >= 4 is 28.8 Å². The van der Waals surface area contributed by atoms with E-state index in [0.29, 0.717) is 54.5 Å². The molecule has 0 bridgehead atoms. The van der Waals surface area contributed by atoms with Gasteiger partial charge in [0.25, 0.3) is 5.91 Å². The summed E-state index contributed by atoms with van der Waals surface area (Å²) < 4.78 is 16.0. The normalized spacial score (nSPS) is 15.7. The van der Waals surface area contributed by atoms with Crippen LogP contribution in [0.3, 0.4) is 0 Å². The van der Waals surface area contributed by atoms with Crippen molar-refractivity contribution in [2.45, 2.75) is 26.8 Å². The number of rotatable bonds is 5. The van der Waals surface area contributed by atoms with Gasteiger partial charge in [-0.15, -0.1) is 0 Å². The number of aromatic nitrogens is 2. The molecule has 1 saturated heterocycles. The summed E-state index contributed by atoms with van der Waals surface area (Å²) in [5.41, 5.74) is 0.672. The van der Waals surface area contributed by atoms with E-state index in [2.05, 4.69) is 15.3 Å². The summed E-state index contributed by atoms with van der Waals surface area (Å²) in [5, 5.41) is 3.20. The molecule has 0 saturated carbocycles. The van der Waals surface area contributed by atoms with Crippen LogP contribution < -0.4 is 10.2 Å². The van der Waals surface area contributed by atoms with Crippen molar-refractivity contribution in [3.63, 3.8) is 0 Å². The third kappa shape index (κ3) is 3.48. The van der Waals surface area contributed by atoms with Crippen LogP contribution in [0.15, 0.2) is 10.7 Å². The van der Waals surface area contributed by atoms with E-state index in [4.69, 9.17) is 13.9 Å². The van der Waals surface area contributed by atoms with Crippen LogP contribution in [0.4, 0.5) is 5.82 Å². The van der Waals surface area contributed by atoms with E-state index in [9.17, 15) is 9.59 Å². The van der Waals surface area contributed by atoms with Crippen LogP contribution in [0.25, 0.3) is 11.1 Å². The number of esters is 1. The van der Waals surface area contributed by atoms with Gasteiger partial charge in [0.05, 0.1) is 30.8 Å². The number of hydrogen-bond acceptors (Lipinski definition) is 8. The second-order valence-corrected chi connectivity index (χ2v) is 5.96. The standard InChI is InChI=1S/C17H22N4O5/c1-4-25-17(23)10(2)20-15(22)12-11(3)26-16-13(12)14(18-9-19-16)21-5-7-24-8-6-21/h9-10H,4-8H2,1-3H3,(H,20,22). The maximum Gasteiger partial charge on any atom is 0.328 e. The van der Waals surface area contributed by atoms with Crippen molar-refractivity contribution in [1.29, 1.82) is 0 Å². The van der Waals surface area contributed by atoms with E-state index in [1.165, 1.54) is 6.33 Å². The highest BCUT2D eigenvalue weighted by molar-refractivity contribution is 6.10. The molecule has 1 atom stereocenters. The molecule has 1 aliphatic rings. The Morgan fingerprint density at radius 1 is 1.35 bits per heavy atom. The molecule has 0 aromatic carbocycles. The molecule has 0 aliphatic carbocycles. The van der Waals surface area contributed by atoms with Crippen LogP contribution in [-0.2, 0) is 14.3 Å². The number of ether oxygens (including phenoxy) is 2. The predicted octanol–water partition coefficient (Wildman–Crippen LogP) is 1.05. The molecule has 26 heavy (non-hydrogen) atoms. The van der Waals surface area contributed by atoms with Gasteiger partial charge >= 0.3 is 5.97 Å². The van der Waals surface area contributed by atoms with E-state index in [1.807, 2.05) is 4.90 Å². The number of aryl methyl sites for hydroxylation is 1. The maximum atomic E-state index is 12.8. The quantitative estimate of drug-likeness (QED) is 0.787. The van der Waals surface area contributed by atoms with Gasteiger partial charge in [0.1, 0.15) is 23.9 Å². The van der Waals surface area contributed by atoms with E-state index in [0.717, 1.165) is 0 Å². The van der Waals surface area contributed by atoms with Crippen molar-refractivity contribution in [2.24, 2.45) is 0 Å². The fraction of sp³-hybridized carbons (Fsp3) is 0.529. The number of furan rings is 1. The largest absolute Gasteiger partial charge is 0.464 e. The molecule has 0 spiro atoms. The molecule has 9 heteroatoms. The zero-order valence-corrected chi connectivity index (χ0v) is 15.1.